The van der Waals surface area contributed by atoms with Gasteiger partial charge in [-0.1, -0.05) is 11.6 Å². The molecule has 2 heterocycles. The molecule has 0 aliphatic carbocycles. The second-order valence-corrected chi connectivity index (χ2v) is 6.39. The molecule has 0 bridgehead atoms. The molecule has 0 N–H and O–H groups in total. The van der Waals surface area contributed by atoms with Gasteiger partial charge in [-0.25, -0.2) is 4.98 Å². The number of hydrogen-bond donors (Lipinski definition) is 0. The van der Waals surface area contributed by atoms with Gasteiger partial charge < -0.3 is 19.1 Å². The van der Waals surface area contributed by atoms with Crippen molar-refractivity contribution in [2.75, 3.05) is 7.11 Å². The SMILES string of the molecule is COc1ccc(-c2nc(CC(=O)[O-])c(-c3ccc(Cl)s3)o2)cc1. The third-order valence-electron chi connectivity index (χ3n) is 3.14. The highest BCUT2D eigenvalue weighted by molar-refractivity contribution is 7.19. The predicted octanol–water partition coefficient (Wildman–Crippen LogP) is 3.02. The second kappa shape index (κ2) is 6.44. The van der Waals surface area contributed by atoms with Gasteiger partial charge in [0, 0.05) is 18.0 Å². The summed E-state index contributed by atoms with van der Waals surface area (Å²) in [5.41, 5.74) is 1.04. The Morgan fingerprint density at radius 1 is 1.30 bits per heavy atom. The molecule has 0 atom stereocenters. The fraction of sp³-hybridized carbons (Fsp3) is 0.125. The predicted molar refractivity (Wildman–Crippen MR) is 85.5 cm³/mol. The van der Waals surface area contributed by atoms with Crippen LogP contribution < -0.4 is 9.84 Å². The first-order chi connectivity index (χ1) is 11.1. The molecule has 0 spiro atoms. The number of aliphatic carboxylic acids is 1. The van der Waals surface area contributed by atoms with Crippen LogP contribution in [0, 0.1) is 0 Å². The number of hydrogen-bond acceptors (Lipinski definition) is 6. The van der Waals surface area contributed by atoms with Gasteiger partial charge in [-0.3, -0.25) is 0 Å². The number of halogens is 1. The number of ether oxygens (including phenoxy) is 1. The molecular weight excluding hydrogens is 338 g/mol. The summed E-state index contributed by atoms with van der Waals surface area (Å²) in [6.07, 6.45) is -0.329. The van der Waals surface area contributed by atoms with Crippen molar-refractivity contribution in [3.63, 3.8) is 0 Å². The molecule has 3 rings (SSSR count). The van der Waals surface area contributed by atoms with E-state index < -0.39 is 5.97 Å². The first kappa shape index (κ1) is 15.6. The van der Waals surface area contributed by atoms with Gasteiger partial charge in [-0.2, -0.15) is 0 Å². The number of carbonyl (C=O) groups is 1. The minimum Gasteiger partial charge on any atom is -0.550 e. The lowest BCUT2D eigenvalue weighted by molar-refractivity contribution is -0.304. The zero-order valence-corrected chi connectivity index (χ0v) is 13.6. The van der Waals surface area contributed by atoms with E-state index in [9.17, 15) is 9.90 Å². The van der Waals surface area contributed by atoms with Crippen molar-refractivity contribution in [3.05, 3.63) is 46.4 Å². The van der Waals surface area contributed by atoms with Gasteiger partial charge in [0.15, 0.2) is 5.76 Å². The highest BCUT2D eigenvalue weighted by Gasteiger charge is 2.18. The maximum Gasteiger partial charge on any atom is 0.227 e. The van der Waals surface area contributed by atoms with E-state index in [0.717, 1.165) is 10.4 Å². The van der Waals surface area contributed by atoms with Crippen molar-refractivity contribution in [2.45, 2.75) is 6.42 Å². The Morgan fingerprint density at radius 3 is 2.61 bits per heavy atom. The summed E-state index contributed by atoms with van der Waals surface area (Å²) < 4.78 is 11.5. The summed E-state index contributed by atoms with van der Waals surface area (Å²) in [6.45, 7) is 0. The second-order valence-electron chi connectivity index (χ2n) is 4.68. The third-order valence-corrected chi connectivity index (χ3v) is 4.37. The molecule has 0 saturated carbocycles. The topological polar surface area (TPSA) is 75.4 Å². The minimum absolute atomic E-state index is 0.314. The molecule has 118 valence electrons. The first-order valence-corrected chi connectivity index (χ1v) is 7.86. The van der Waals surface area contributed by atoms with Crippen LogP contribution in [0.4, 0.5) is 0 Å². The molecule has 23 heavy (non-hydrogen) atoms. The van der Waals surface area contributed by atoms with Gasteiger partial charge in [0.2, 0.25) is 5.89 Å². The van der Waals surface area contributed by atoms with Crippen LogP contribution in [-0.2, 0) is 11.2 Å². The Kier molecular flexibility index (Phi) is 4.36. The fourth-order valence-electron chi connectivity index (χ4n) is 2.09. The van der Waals surface area contributed by atoms with E-state index in [2.05, 4.69) is 4.98 Å². The molecule has 5 nitrogen and oxygen atoms in total. The summed E-state index contributed by atoms with van der Waals surface area (Å²) in [5, 5.41) is 11.0. The summed E-state index contributed by atoms with van der Waals surface area (Å²) >= 11 is 7.23. The van der Waals surface area contributed by atoms with Crippen molar-refractivity contribution in [3.8, 4) is 27.8 Å². The van der Waals surface area contributed by atoms with Gasteiger partial charge in [0.05, 0.1) is 22.0 Å². The summed E-state index contributed by atoms with van der Waals surface area (Å²) in [6, 6.07) is 10.6. The Bertz CT molecular complexity index is 838. The number of aromatic nitrogens is 1. The lowest BCUT2D eigenvalue weighted by Crippen LogP contribution is -2.24. The number of thiophene rings is 1. The van der Waals surface area contributed by atoms with Crippen LogP contribution in [0.1, 0.15) is 5.69 Å². The van der Waals surface area contributed by atoms with E-state index in [4.69, 9.17) is 20.8 Å². The van der Waals surface area contributed by atoms with Crippen LogP contribution in [0.15, 0.2) is 40.8 Å². The minimum atomic E-state index is -1.22. The molecule has 0 radical (unpaired) electrons. The smallest absolute Gasteiger partial charge is 0.227 e. The largest absolute Gasteiger partial charge is 0.550 e. The van der Waals surface area contributed by atoms with Crippen LogP contribution in [0.2, 0.25) is 4.34 Å². The Balaban J connectivity index is 2.04. The Hall–Kier alpha value is -2.31. The van der Waals surface area contributed by atoms with Gasteiger partial charge in [0.25, 0.3) is 0 Å². The first-order valence-electron chi connectivity index (χ1n) is 6.66. The van der Waals surface area contributed by atoms with Gasteiger partial charge >= 0.3 is 0 Å². The summed E-state index contributed by atoms with van der Waals surface area (Å²) in [5.74, 6) is 0.226. The normalized spacial score (nSPS) is 10.7. The average Bonchev–Trinajstić information content (AvgIpc) is 3.13. The van der Waals surface area contributed by atoms with E-state index in [1.54, 1.807) is 43.5 Å². The van der Waals surface area contributed by atoms with Gasteiger partial charge in [-0.15, -0.1) is 11.3 Å². The number of methoxy groups -OCH3 is 1. The molecule has 0 saturated heterocycles. The Morgan fingerprint density at radius 2 is 2.04 bits per heavy atom. The van der Waals surface area contributed by atoms with Crippen molar-refractivity contribution < 1.29 is 19.1 Å². The highest BCUT2D eigenvalue weighted by Crippen LogP contribution is 2.36. The van der Waals surface area contributed by atoms with Crippen molar-refractivity contribution >= 4 is 28.9 Å². The molecular formula is C16H11ClNO4S-. The molecule has 0 fully saturated rings. The van der Waals surface area contributed by atoms with Crippen LogP contribution in [-0.4, -0.2) is 18.1 Å². The quantitative estimate of drug-likeness (QED) is 0.708. The lowest BCUT2D eigenvalue weighted by atomic mass is 10.2. The van der Waals surface area contributed by atoms with E-state index in [-0.39, 0.29) is 6.42 Å². The Labute approximate surface area is 141 Å². The number of benzene rings is 1. The number of carboxylic acids is 1. The lowest BCUT2D eigenvalue weighted by Gasteiger charge is -1.99. The molecule has 0 amide bonds. The van der Waals surface area contributed by atoms with E-state index in [1.165, 1.54) is 11.3 Å². The number of carbonyl (C=O) groups excluding carboxylic acids is 1. The maximum absolute atomic E-state index is 11.0. The number of nitrogens with zero attached hydrogens (tertiary/aromatic N) is 1. The summed E-state index contributed by atoms with van der Waals surface area (Å²) in [4.78, 5) is 16.0. The van der Waals surface area contributed by atoms with E-state index >= 15 is 0 Å². The van der Waals surface area contributed by atoms with Gasteiger partial charge in [0.1, 0.15) is 5.75 Å². The average molecular weight is 349 g/mol. The third kappa shape index (κ3) is 3.38. The van der Waals surface area contributed by atoms with Crippen LogP contribution >= 0.6 is 22.9 Å². The van der Waals surface area contributed by atoms with Crippen molar-refractivity contribution in [2.24, 2.45) is 0 Å². The zero-order chi connectivity index (χ0) is 16.4. The van der Waals surface area contributed by atoms with E-state index in [0.29, 0.717) is 27.4 Å². The van der Waals surface area contributed by atoms with Crippen molar-refractivity contribution in [1.29, 1.82) is 0 Å². The van der Waals surface area contributed by atoms with Crippen LogP contribution in [0.25, 0.3) is 22.1 Å². The fourth-order valence-corrected chi connectivity index (χ4v) is 3.14. The summed E-state index contributed by atoms with van der Waals surface area (Å²) in [7, 11) is 1.58. The van der Waals surface area contributed by atoms with Gasteiger partial charge in [-0.05, 0) is 36.4 Å². The highest BCUT2D eigenvalue weighted by atomic mass is 35.5. The van der Waals surface area contributed by atoms with Crippen molar-refractivity contribution in [1.82, 2.24) is 4.98 Å². The molecule has 1 aromatic carbocycles. The monoisotopic (exact) mass is 348 g/mol. The molecule has 0 aliphatic heterocycles. The molecule has 2 aromatic heterocycles. The molecule has 3 aromatic rings. The number of rotatable bonds is 5. The molecule has 0 unspecified atom stereocenters. The van der Waals surface area contributed by atoms with E-state index in [1.807, 2.05) is 0 Å². The maximum atomic E-state index is 11.0. The molecule has 7 heteroatoms. The number of oxazole rings is 1. The van der Waals surface area contributed by atoms with Crippen LogP contribution in [0.3, 0.4) is 0 Å². The zero-order valence-electron chi connectivity index (χ0n) is 12.0. The standard InChI is InChI=1S/C16H12ClNO4S/c1-21-10-4-2-9(3-5-10)16-18-11(8-14(19)20)15(22-16)12-6-7-13(17)23-12/h2-7H,8H2,1H3,(H,19,20)/p-1. The number of carboxylic acid groups (broad SMARTS) is 1. The van der Waals surface area contributed by atoms with Crippen LogP contribution in [0.5, 0.6) is 5.75 Å². The molecule has 0 aliphatic rings.